The van der Waals surface area contributed by atoms with Crippen LogP contribution >= 0.6 is 0 Å². The molecule has 4 aliphatic rings. The van der Waals surface area contributed by atoms with Gasteiger partial charge in [0.1, 0.15) is 0 Å². The standard InChI is InChI=1S/C27H44O2/c1-6-18(11-14-25(2,3)29)22-9-10-23-21-8-7-19-17-20(28)12-15-26(19,4)24(21)13-16-27(22,23)5/h6-7,18,20-24,28-29H,1,8-17H2,2-5H3/t18-,20+,21?,22-,23?,24?,26+,27-/m1/s1. The fraction of sp³-hybridized carbons (Fsp3) is 0.852. The Bertz CT molecular complexity index is 658. The second-order valence-electron chi connectivity index (χ2n) is 12.1. The fourth-order valence-corrected chi connectivity index (χ4v) is 8.39. The zero-order valence-electron chi connectivity index (χ0n) is 19.3. The molecular formula is C27H44O2. The molecule has 29 heavy (non-hydrogen) atoms. The van der Waals surface area contributed by atoms with Gasteiger partial charge in [-0.25, -0.2) is 0 Å². The van der Waals surface area contributed by atoms with Crippen molar-refractivity contribution < 1.29 is 10.2 Å². The summed E-state index contributed by atoms with van der Waals surface area (Å²) in [5.41, 5.74) is 1.75. The third-order valence-electron chi connectivity index (χ3n) is 10.1. The van der Waals surface area contributed by atoms with Gasteiger partial charge in [0, 0.05) is 0 Å². The van der Waals surface area contributed by atoms with Crippen LogP contribution in [-0.2, 0) is 0 Å². The molecule has 3 saturated carbocycles. The molecule has 0 spiro atoms. The van der Waals surface area contributed by atoms with E-state index in [4.69, 9.17) is 0 Å². The van der Waals surface area contributed by atoms with E-state index in [1.165, 1.54) is 38.5 Å². The molecule has 0 bridgehead atoms. The van der Waals surface area contributed by atoms with Crippen LogP contribution in [0.1, 0.15) is 91.9 Å². The predicted molar refractivity (Wildman–Crippen MR) is 120 cm³/mol. The number of fused-ring (bicyclic) bond motifs is 5. The molecular weight excluding hydrogens is 356 g/mol. The van der Waals surface area contributed by atoms with Gasteiger partial charge in [-0.15, -0.1) is 6.58 Å². The molecule has 4 rings (SSSR count). The number of hydrogen-bond acceptors (Lipinski definition) is 2. The molecule has 0 saturated heterocycles. The molecule has 4 aliphatic carbocycles. The molecule has 8 atom stereocenters. The van der Waals surface area contributed by atoms with Gasteiger partial charge in [-0.05, 0) is 118 Å². The average molecular weight is 401 g/mol. The van der Waals surface area contributed by atoms with Gasteiger partial charge in [0.25, 0.3) is 0 Å². The highest BCUT2D eigenvalue weighted by molar-refractivity contribution is 5.25. The first-order valence-electron chi connectivity index (χ1n) is 12.3. The Labute approximate surface area is 178 Å². The first-order valence-corrected chi connectivity index (χ1v) is 12.3. The number of hydrogen-bond donors (Lipinski definition) is 2. The number of rotatable bonds is 5. The van der Waals surface area contributed by atoms with Gasteiger partial charge in [0.15, 0.2) is 0 Å². The minimum absolute atomic E-state index is 0.111. The summed E-state index contributed by atoms with van der Waals surface area (Å²) in [5, 5.41) is 20.5. The van der Waals surface area contributed by atoms with Crippen molar-refractivity contribution in [3.63, 3.8) is 0 Å². The van der Waals surface area contributed by atoms with Crippen molar-refractivity contribution in [2.45, 2.75) is 104 Å². The van der Waals surface area contributed by atoms with E-state index in [1.54, 1.807) is 5.57 Å². The molecule has 3 fully saturated rings. The molecule has 2 heteroatoms. The fourth-order valence-electron chi connectivity index (χ4n) is 8.39. The van der Waals surface area contributed by atoms with E-state index >= 15 is 0 Å². The van der Waals surface area contributed by atoms with E-state index in [2.05, 4.69) is 32.6 Å². The molecule has 0 aromatic carbocycles. The summed E-state index contributed by atoms with van der Waals surface area (Å²) in [7, 11) is 0. The minimum Gasteiger partial charge on any atom is -0.393 e. The van der Waals surface area contributed by atoms with Crippen LogP contribution in [0.4, 0.5) is 0 Å². The summed E-state index contributed by atoms with van der Waals surface area (Å²) < 4.78 is 0. The molecule has 2 N–H and O–H groups in total. The maximum absolute atomic E-state index is 10.3. The largest absolute Gasteiger partial charge is 0.393 e. The van der Waals surface area contributed by atoms with Crippen molar-refractivity contribution >= 4 is 0 Å². The molecule has 0 radical (unpaired) electrons. The Kier molecular flexibility index (Phi) is 5.61. The Morgan fingerprint density at radius 1 is 1.17 bits per heavy atom. The van der Waals surface area contributed by atoms with E-state index < -0.39 is 5.60 Å². The van der Waals surface area contributed by atoms with Gasteiger partial charge in [0.2, 0.25) is 0 Å². The Hall–Kier alpha value is -0.600. The minimum atomic E-state index is -0.581. The topological polar surface area (TPSA) is 40.5 Å². The summed E-state index contributed by atoms with van der Waals surface area (Å²) in [5.74, 6) is 3.72. The van der Waals surface area contributed by atoms with Gasteiger partial charge < -0.3 is 10.2 Å². The second kappa shape index (κ2) is 7.52. The van der Waals surface area contributed by atoms with Crippen molar-refractivity contribution in [1.29, 1.82) is 0 Å². The van der Waals surface area contributed by atoms with E-state index in [9.17, 15) is 10.2 Å². The van der Waals surface area contributed by atoms with Gasteiger partial charge in [-0.3, -0.25) is 0 Å². The van der Waals surface area contributed by atoms with Gasteiger partial charge in [-0.1, -0.05) is 31.6 Å². The SMILES string of the molecule is C=C[C@H](CCC(C)(C)O)[C@H]1CCC2C3CC=C4C[C@@H](O)CC[C@]4(C)C3CC[C@@]21C. The summed E-state index contributed by atoms with van der Waals surface area (Å²) in [6.45, 7) is 13.2. The first kappa shape index (κ1) is 21.6. The van der Waals surface area contributed by atoms with Crippen LogP contribution in [0.15, 0.2) is 24.3 Å². The maximum Gasteiger partial charge on any atom is 0.0592 e. The van der Waals surface area contributed by atoms with Crippen molar-refractivity contribution in [1.82, 2.24) is 0 Å². The van der Waals surface area contributed by atoms with Crippen LogP contribution in [0.5, 0.6) is 0 Å². The Morgan fingerprint density at radius 2 is 1.93 bits per heavy atom. The van der Waals surface area contributed by atoms with Crippen molar-refractivity contribution in [2.24, 2.45) is 40.4 Å². The highest BCUT2D eigenvalue weighted by Gasteiger charge is 2.59. The van der Waals surface area contributed by atoms with Crippen molar-refractivity contribution in [3.05, 3.63) is 24.3 Å². The molecule has 2 nitrogen and oxygen atoms in total. The van der Waals surface area contributed by atoms with Crippen LogP contribution in [-0.4, -0.2) is 21.9 Å². The lowest BCUT2D eigenvalue weighted by atomic mass is 9.47. The van der Waals surface area contributed by atoms with E-state index in [0.717, 1.165) is 49.4 Å². The van der Waals surface area contributed by atoms with Crippen LogP contribution in [0, 0.1) is 40.4 Å². The molecule has 164 valence electrons. The Morgan fingerprint density at radius 3 is 2.62 bits per heavy atom. The van der Waals surface area contributed by atoms with Crippen molar-refractivity contribution in [2.75, 3.05) is 0 Å². The third kappa shape index (κ3) is 3.67. The van der Waals surface area contributed by atoms with Gasteiger partial charge >= 0.3 is 0 Å². The molecule has 0 aromatic heterocycles. The lowest BCUT2D eigenvalue weighted by Crippen LogP contribution is -2.50. The zero-order chi connectivity index (χ0) is 21.0. The van der Waals surface area contributed by atoms with Gasteiger partial charge in [0.05, 0.1) is 11.7 Å². The quantitative estimate of drug-likeness (QED) is 0.533. The maximum atomic E-state index is 10.3. The first-order chi connectivity index (χ1) is 13.6. The number of allylic oxidation sites excluding steroid dienone is 2. The summed E-state index contributed by atoms with van der Waals surface area (Å²) >= 11 is 0. The number of aliphatic hydroxyl groups excluding tert-OH is 1. The van der Waals surface area contributed by atoms with Crippen LogP contribution in [0.25, 0.3) is 0 Å². The second-order valence-corrected chi connectivity index (χ2v) is 12.1. The third-order valence-corrected chi connectivity index (χ3v) is 10.1. The van der Waals surface area contributed by atoms with Crippen LogP contribution < -0.4 is 0 Å². The molecule has 0 aliphatic heterocycles. The zero-order valence-corrected chi connectivity index (χ0v) is 19.3. The Balaban J connectivity index is 1.55. The number of aliphatic hydroxyl groups is 2. The summed E-state index contributed by atoms with van der Waals surface area (Å²) in [6, 6.07) is 0. The van der Waals surface area contributed by atoms with Gasteiger partial charge in [-0.2, -0.15) is 0 Å². The van der Waals surface area contributed by atoms with E-state index in [0.29, 0.717) is 16.7 Å². The van der Waals surface area contributed by atoms with E-state index in [1.807, 2.05) is 13.8 Å². The lowest BCUT2D eigenvalue weighted by Gasteiger charge is -2.58. The predicted octanol–water partition coefficient (Wildman–Crippen LogP) is 6.28. The molecule has 0 aromatic rings. The van der Waals surface area contributed by atoms with Crippen molar-refractivity contribution in [3.8, 4) is 0 Å². The molecule has 3 unspecified atom stereocenters. The highest BCUT2D eigenvalue weighted by atomic mass is 16.3. The summed E-state index contributed by atoms with van der Waals surface area (Å²) in [4.78, 5) is 0. The summed E-state index contributed by atoms with van der Waals surface area (Å²) in [6.07, 6.45) is 16.3. The van der Waals surface area contributed by atoms with Crippen LogP contribution in [0.2, 0.25) is 0 Å². The average Bonchev–Trinajstić information content (AvgIpc) is 2.99. The van der Waals surface area contributed by atoms with E-state index in [-0.39, 0.29) is 6.10 Å². The van der Waals surface area contributed by atoms with Crippen LogP contribution in [0.3, 0.4) is 0 Å². The normalized spacial score (nSPS) is 45.6. The molecule has 0 heterocycles. The lowest BCUT2D eigenvalue weighted by molar-refractivity contribution is -0.0565. The monoisotopic (exact) mass is 400 g/mol. The molecule has 0 amide bonds. The highest BCUT2D eigenvalue weighted by Crippen LogP contribution is 2.67. The smallest absolute Gasteiger partial charge is 0.0592 e.